The monoisotopic (exact) mass is 349 g/mol. The summed E-state index contributed by atoms with van der Waals surface area (Å²) < 4.78 is 0. The van der Waals surface area contributed by atoms with Crippen LogP contribution in [0.1, 0.15) is 12.1 Å². The predicted molar refractivity (Wildman–Crippen MR) is 103 cm³/mol. The van der Waals surface area contributed by atoms with Gasteiger partial charge >= 0.3 is 6.03 Å². The normalized spacial score (nSPS) is 16.8. The lowest BCUT2D eigenvalue weighted by Crippen LogP contribution is -2.44. The van der Waals surface area contributed by atoms with Crippen molar-refractivity contribution in [2.75, 3.05) is 24.5 Å². The zero-order valence-corrected chi connectivity index (χ0v) is 14.6. The number of nitrogens with zero attached hydrogens (tertiary/aromatic N) is 2. The fourth-order valence-corrected chi connectivity index (χ4v) is 3.44. The second kappa shape index (κ2) is 7.47. The maximum atomic E-state index is 12.1. The van der Waals surface area contributed by atoms with E-state index in [4.69, 9.17) is 0 Å². The summed E-state index contributed by atoms with van der Waals surface area (Å²) in [6.45, 7) is 2.32. The highest BCUT2D eigenvalue weighted by Gasteiger charge is 2.24. The standard InChI is InChI=1S/C20H23N5O/c26-20(22-11-8-16-13-15-5-1-2-6-18(15)23-16)24-17-9-12-25(14-17)19-7-3-4-10-21-19/h1-7,10,13,17,23H,8-9,11-12,14H2,(H2,22,24,26). The first-order valence-corrected chi connectivity index (χ1v) is 9.05. The third kappa shape index (κ3) is 3.79. The number of aromatic nitrogens is 2. The van der Waals surface area contributed by atoms with Gasteiger partial charge in [0.1, 0.15) is 5.82 Å². The summed E-state index contributed by atoms with van der Waals surface area (Å²) >= 11 is 0. The van der Waals surface area contributed by atoms with Gasteiger partial charge in [-0.15, -0.1) is 0 Å². The lowest BCUT2D eigenvalue weighted by Gasteiger charge is -2.17. The van der Waals surface area contributed by atoms with Crippen molar-refractivity contribution in [3.63, 3.8) is 0 Å². The quantitative estimate of drug-likeness (QED) is 0.663. The molecule has 1 atom stereocenters. The van der Waals surface area contributed by atoms with Crippen molar-refractivity contribution < 1.29 is 4.79 Å². The molecule has 3 aromatic rings. The van der Waals surface area contributed by atoms with Crippen LogP contribution < -0.4 is 15.5 Å². The number of pyridine rings is 1. The molecule has 1 fully saturated rings. The Morgan fingerprint density at radius 2 is 2.12 bits per heavy atom. The van der Waals surface area contributed by atoms with Crippen LogP contribution in [0.2, 0.25) is 0 Å². The number of amides is 2. The molecule has 1 aromatic carbocycles. The summed E-state index contributed by atoms with van der Waals surface area (Å²) in [5, 5.41) is 7.22. The second-order valence-electron chi connectivity index (χ2n) is 6.65. The highest BCUT2D eigenvalue weighted by Crippen LogP contribution is 2.17. The molecule has 2 aromatic heterocycles. The molecular weight excluding hydrogens is 326 g/mol. The predicted octanol–water partition coefficient (Wildman–Crippen LogP) is 2.68. The third-order valence-corrected chi connectivity index (χ3v) is 4.76. The highest BCUT2D eigenvalue weighted by molar-refractivity contribution is 5.80. The Balaban J connectivity index is 1.22. The molecule has 0 bridgehead atoms. The number of benzene rings is 1. The Bertz CT molecular complexity index is 843. The van der Waals surface area contributed by atoms with E-state index in [2.05, 4.69) is 43.7 Å². The van der Waals surface area contributed by atoms with Crippen molar-refractivity contribution in [2.24, 2.45) is 0 Å². The summed E-state index contributed by atoms with van der Waals surface area (Å²) in [6, 6.07) is 16.3. The maximum absolute atomic E-state index is 12.1. The third-order valence-electron chi connectivity index (χ3n) is 4.76. The van der Waals surface area contributed by atoms with Gasteiger partial charge in [0.2, 0.25) is 0 Å². The number of urea groups is 1. The van der Waals surface area contributed by atoms with Gasteiger partial charge in [-0.2, -0.15) is 0 Å². The van der Waals surface area contributed by atoms with E-state index in [-0.39, 0.29) is 12.1 Å². The average molecular weight is 349 g/mol. The zero-order chi connectivity index (χ0) is 17.8. The topological polar surface area (TPSA) is 73.1 Å². The van der Waals surface area contributed by atoms with Crippen molar-refractivity contribution in [3.8, 4) is 0 Å². The van der Waals surface area contributed by atoms with Gasteiger partial charge in [-0.1, -0.05) is 24.3 Å². The number of hydrogen-bond acceptors (Lipinski definition) is 3. The summed E-state index contributed by atoms with van der Waals surface area (Å²) in [7, 11) is 0. The molecule has 3 N–H and O–H groups in total. The van der Waals surface area contributed by atoms with Crippen LogP contribution in [0.25, 0.3) is 10.9 Å². The molecule has 6 nitrogen and oxygen atoms in total. The SMILES string of the molecule is O=C(NCCc1cc2ccccc2[nH]1)NC1CCN(c2ccccn2)C1. The summed E-state index contributed by atoms with van der Waals surface area (Å²) in [6.07, 6.45) is 3.52. The summed E-state index contributed by atoms with van der Waals surface area (Å²) in [5.74, 6) is 0.969. The lowest BCUT2D eigenvalue weighted by molar-refractivity contribution is 0.238. The van der Waals surface area contributed by atoms with Crippen LogP contribution in [0, 0.1) is 0 Å². The number of nitrogens with one attached hydrogen (secondary N) is 3. The molecular formula is C20H23N5O. The van der Waals surface area contributed by atoms with Crippen LogP contribution in [0.5, 0.6) is 0 Å². The number of hydrogen-bond donors (Lipinski definition) is 3. The van der Waals surface area contributed by atoms with Crippen LogP contribution in [0.15, 0.2) is 54.7 Å². The van der Waals surface area contributed by atoms with Gasteiger partial charge in [0.15, 0.2) is 0 Å². The molecule has 0 spiro atoms. The molecule has 134 valence electrons. The van der Waals surface area contributed by atoms with Crippen molar-refractivity contribution in [2.45, 2.75) is 18.9 Å². The van der Waals surface area contributed by atoms with Crippen LogP contribution in [-0.4, -0.2) is 41.7 Å². The molecule has 1 unspecified atom stereocenters. The molecule has 2 amide bonds. The highest BCUT2D eigenvalue weighted by atomic mass is 16.2. The van der Waals surface area contributed by atoms with E-state index in [0.29, 0.717) is 6.54 Å². The van der Waals surface area contributed by atoms with Crippen LogP contribution in [0.4, 0.5) is 10.6 Å². The first kappa shape index (κ1) is 16.4. The largest absolute Gasteiger partial charge is 0.358 e. The molecule has 4 rings (SSSR count). The van der Waals surface area contributed by atoms with E-state index in [1.807, 2.05) is 30.3 Å². The van der Waals surface area contributed by atoms with Crippen molar-refractivity contribution >= 4 is 22.8 Å². The number of H-pyrrole nitrogens is 1. The Kier molecular flexibility index (Phi) is 4.73. The molecule has 0 saturated carbocycles. The maximum Gasteiger partial charge on any atom is 0.315 e. The molecule has 1 saturated heterocycles. The zero-order valence-electron chi connectivity index (χ0n) is 14.6. The van der Waals surface area contributed by atoms with Gasteiger partial charge in [-0.05, 0) is 36.1 Å². The van der Waals surface area contributed by atoms with E-state index in [0.717, 1.165) is 43.0 Å². The van der Waals surface area contributed by atoms with Crippen molar-refractivity contribution in [3.05, 3.63) is 60.4 Å². The van der Waals surface area contributed by atoms with Crippen LogP contribution in [0.3, 0.4) is 0 Å². The number of rotatable bonds is 5. The fourth-order valence-electron chi connectivity index (χ4n) is 3.44. The van der Waals surface area contributed by atoms with Crippen molar-refractivity contribution in [1.29, 1.82) is 0 Å². The Hall–Kier alpha value is -3.02. The smallest absolute Gasteiger partial charge is 0.315 e. The summed E-state index contributed by atoms with van der Waals surface area (Å²) in [5.41, 5.74) is 2.27. The average Bonchev–Trinajstić information content (AvgIpc) is 3.29. The van der Waals surface area contributed by atoms with Gasteiger partial charge < -0.3 is 20.5 Å². The van der Waals surface area contributed by atoms with E-state index < -0.39 is 0 Å². The van der Waals surface area contributed by atoms with E-state index in [1.165, 1.54) is 5.39 Å². The molecule has 26 heavy (non-hydrogen) atoms. The molecule has 0 aliphatic carbocycles. The number of carbonyl (C=O) groups excluding carboxylic acids is 1. The van der Waals surface area contributed by atoms with Crippen molar-refractivity contribution in [1.82, 2.24) is 20.6 Å². The van der Waals surface area contributed by atoms with Gasteiger partial charge in [-0.3, -0.25) is 0 Å². The lowest BCUT2D eigenvalue weighted by atomic mass is 10.2. The summed E-state index contributed by atoms with van der Waals surface area (Å²) in [4.78, 5) is 22.1. The molecule has 6 heteroatoms. The van der Waals surface area contributed by atoms with Gasteiger partial charge in [0, 0.05) is 49.5 Å². The first-order valence-electron chi connectivity index (χ1n) is 9.05. The second-order valence-corrected chi connectivity index (χ2v) is 6.65. The Morgan fingerprint density at radius 3 is 2.96 bits per heavy atom. The number of fused-ring (bicyclic) bond motifs is 1. The van der Waals surface area contributed by atoms with Gasteiger partial charge in [-0.25, -0.2) is 9.78 Å². The van der Waals surface area contributed by atoms with Crippen LogP contribution in [-0.2, 0) is 6.42 Å². The minimum absolute atomic E-state index is 0.103. The molecule has 1 aliphatic heterocycles. The number of para-hydroxylation sites is 1. The number of anilines is 1. The van der Waals surface area contributed by atoms with E-state index in [1.54, 1.807) is 6.20 Å². The van der Waals surface area contributed by atoms with E-state index in [9.17, 15) is 4.79 Å². The van der Waals surface area contributed by atoms with Gasteiger partial charge in [0.25, 0.3) is 0 Å². The van der Waals surface area contributed by atoms with Gasteiger partial charge in [0.05, 0.1) is 0 Å². The van der Waals surface area contributed by atoms with Crippen LogP contribution >= 0.6 is 0 Å². The molecule has 1 aliphatic rings. The minimum Gasteiger partial charge on any atom is -0.358 e. The fraction of sp³-hybridized carbons (Fsp3) is 0.300. The number of carbonyl (C=O) groups is 1. The number of aromatic amines is 1. The molecule has 3 heterocycles. The Morgan fingerprint density at radius 1 is 1.23 bits per heavy atom. The minimum atomic E-state index is -0.103. The Labute approximate surface area is 152 Å². The molecule has 0 radical (unpaired) electrons. The van der Waals surface area contributed by atoms with E-state index >= 15 is 0 Å². The first-order chi connectivity index (χ1) is 12.8.